The Balaban J connectivity index is 1.72. The van der Waals surface area contributed by atoms with Crippen molar-refractivity contribution in [3.8, 4) is 17.0 Å². The number of nitrogens with zero attached hydrogens (tertiary/aromatic N) is 3. The third-order valence-electron chi connectivity index (χ3n) is 5.12. The number of rotatable bonds is 8. The Morgan fingerprint density at radius 3 is 2.64 bits per heavy atom. The molecule has 0 spiro atoms. The van der Waals surface area contributed by atoms with E-state index in [0.29, 0.717) is 10.9 Å². The number of sulfonamides is 1. The van der Waals surface area contributed by atoms with Crippen LogP contribution in [0, 0.1) is 11.6 Å². The molecule has 2 aromatic heterocycles. The van der Waals surface area contributed by atoms with Gasteiger partial charge in [0.1, 0.15) is 5.82 Å². The Labute approximate surface area is 210 Å². The molecule has 0 aliphatic carbocycles. The van der Waals surface area contributed by atoms with Gasteiger partial charge in [0.25, 0.3) is 10.0 Å². The fraction of sp³-hybridized carbons (Fsp3) is 0.174. The number of anilines is 2. The van der Waals surface area contributed by atoms with E-state index in [2.05, 4.69) is 25.0 Å². The Morgan fingerprint density at radius 1 is 1.14 bits per heavy atom. The van der Waals surface area contributed by atoms with Crippen LogP contribution in [0.15, 0.2) is 53.7 Å². The van der Waals surface area contributed by atoms with E-state index < -0.39 is 37.8 Å². The summed E-state index contributed by atoms with van der Waals surface area (Å²) in [5.74, 6) is -1.97. The van der Waals surface area contributed by atoms with E-state index in [-0.39, 0.29) is 35.1 Å². The fourth-order valence-corrected chi connectivity index (χ4v) is 4.80. The molecule has 0 amide bonds. The van der Waals surface area contributed by atoms with E-state index in [1.54, 1.807) is 13.0 Å². The fourth-order valence-electron chi connectivity index (χ4n) is 3.37. The van der Waals surface area contributed by atoms with Crippen LogP contribution in [0.25, 0.3) is 22.0 Å². The van der Waals surface area contributed by atoms with Gasteiger partial charge < -0.3 is 15.2 Å². The average molecular weight is 536 g/mol. The van der Waals surface area contributed by atoms with Gasteiger partial charge in [0.2, 0.25) is 11.8 Å². The van der Waals surface area contributed by atoms with Gasteiger partial charge in [-0.2, -0.15) is 0 Å². The number of methoxy groups -OCH3 is 1. The largest absolute Gasteiger partial charge is 0.480 e. The van der Waals surface area contributed by atoms with Crippen LogP contribution in [0.2, 0.25) is 5.02 Å². The van der Waals surface area contributed by atoms with Crippen LogP contribution in [0.5, 0.6) is 5.88 Å². The maximum absolute atomic E-state index is 15.5. The molecule has 3 N–H and O–H groups in total. The average Bonchev–Trinajstić information content (AvgIpc) is 2.85. The first kappa shape index (κ1) is 25.5. The maximum Gasteiger partial charge on any atom is 0.267 e. The number of hydrogen-bond acceptors (Lipinski definition) is 8. The highest BCUT2D eigenvalue weighted by Gasteiger charge is 2.25. The van der Waals surface area contributed by atoms with E-state index in [0.717, 1.165) is 18.2 Å². The molecule has 0 aliphatic heterocycles. The highest BCUT2D eigenvalue weighted by atomic mass is 35.5. The van der Waals surface area contributed by atoms with Gasteiger partial charge in [-0.15, -0.1) is 0 Å². The summed E-state index contributed by atoms with van der Waals surface area (Å²) in [6, 6.07) is 7.26. The second kappa shape index (κ2) is 10.2. The number of benzene rings is 2. The predicted octanol–water partition coefficient (Wildman–Crippen LogP) is 4.23. The Kier molecular flexibility index (Phi) is 7.20. The molecule has 13 heteroatoms. The number of halogens is 3. The van der Waals surface area contributed by atoms with Crippen LogP contribution in [-0.2, 0) is 10.0 Å². The molecule has 9 nitrogen and oxygen atoms in total. The van der Waals surface area contributed by atoms with Crippen molar-refractivity contribution in [3.63, 3.8) is 0 Å². The van der Waals surface area contributed by atoms with Crippen molar-refractivity contribution in [2.75, 3.05) is 23.8 Å². The number of ether oxygens (including phenoxy) is 1. The van der Waals surface area contributed by atoms with Crippen LogP contribution >= 0.6 is 11.6 Å². The number of aliphatic hydroxyl groups is 1. The zero-order valence-corrected chi connectivity index (χ0v) is 20.5. The lowest BCUT2D eigenvalue weighted by atomic mass is 10.0. The summed E-state index contributed by atoms with van der Waals surface area (Å²) in [6.45, 7) is 1.64. The number of pyridine rings is 1. The third kappa shape index (κ3) is 5.15. The quantitative estimate of drug-likeness (QED) is 0.306. The smallest absolute Gasteiger partial charge is 0.267 e. The van der Waals surface area contributed by atoms with E-state index in [1.807, 2.05) is 0 Å². The van der Waals surface area contributed by atoms with Gasteiger partial charge in [-0.3, -0.25) is 4.72 Å². The molecule has 1 atom stereocenters. The minimum Gasteiger partial charge on any atom is -0.480 e. The summed E-state index contributed by atoms with van der Waals surface area (Å²) in [4.78, 5) is 11.9. The van der Waals surface area contributed by atoms with Crippen molar-refractivity contribution in [1.29, 1.82) is 0 Å². The Bertz CT molecular complexity index is 1560. The standard InChI is InChI=1S/C23H20ClF2N5O4S/c1-12(11-32)29-23-28-9-14-7-13(3-5-17(14)30-23)20-16(25)4-6-18(21(20)26)31-36(33,34)19-8-15(24)10-27-22(19)35-2/h3-10,12,31-32H,11H2,1-2H3,(H,28,29,30)/t12-/m0/s1. The summed E-state index contributed by atoms with van der Waals surface area (Å²) in [7, 11) is -3.17. The molecule has 188 valence electrons. The van der Waals surface area contributed by atoms with E-state index in [1.165, 1.54) is 31.6 Å². The molecule has 2 aromatic carbocycles. The van der Waals surface area contributed by atoms with E-state index in [9.17, 15) is 17.9 Å². The van der Waals surface area contributed by atoms with Gasteiger partial charge in [0.15, 0.2) is 10.7 Å². The monoisotopic (exact) mass is 535 g/mol. The Morgan fingerprint density at radius 2 is 1.92 bits per heavy atom. The number of aliphatic hydroxyl groups excluding tert-OH is 1. The number of hydrogen-bond donors (Lipinski definition) is 3. The van der Waals surface area contributed by atoms with Gasteiger partial charge in [0, 0.05) is 23.8 Å². The van der Waals surface area contributed by atoms with Crippen molar-refractivity contribution in [2.45, 2.75) is 17.9 Å². The minimum atomic E-state index is -4.39. The first-order valence-corrected chi connectivity index (χ1v) is 12.3. The molecule has 2 heterocycles. The maximum atomic E-state index is 15.5. The molecule has 0 aliphatic rings. The van der Waals surface area contributed by atoms with Gasteiger partial charge in [-0.25, -0.2) is 32.2 Å². The molecule has 4 rings (SSSR count). The topological polar surface area (TPSA) is 126 Å². The van der Waals surface area contributed by atoms with Crippen LogP contribution in [0.1, 0.15) is 6.92 Å². The second-order valence-corrected chi connectivity index (χ2v) is 9.83. The number of nitrogens with one attached hydrogen (secondary N) is 2. The summed E-state index contributed by atoms with van der Waals surface area (Å²) in [5, 5.41) is 12.6. The van der Waals surface area contributed by atoms with Crippen LogP contribution in [-0.4, -0.2) is 48.2 Å². The van der Waals surface area contributed by atoms with Crippen molar-refractivity contribution in [2.24, 2.45) is 0 Å². The lowest BCUT2D eigenvalue weighted by molar-refractivity contribution is 0.281. The molecular formula is C23H20ClF2N5O4S. The predicted molar refractivity (Wildman–Crippen MR) is 132 cm³/mol. The number of aromatic nitrogens is 3. The summed E-state index contributed by atoms with van der Waals surface area (Å²) < 4.78 is 63.2. The van der Waals surface area contributed by atoms with Crippen molar-refractivity contribution in [1.82, 2.24) is 15.0 Å². The molecule has 0 unspecified atom stereocenters. The van der Waals surface area contributed by atoms with Gasteiger partial charge in [0.05, 0.1) is 35.5 Å². The van der Waals surface area contributed by atoms with Crippen molar-refractivity contribution < 1.29 is 27.0 Å². The van der Waals surface area contributed by atoms with Crippen LogP contribution in [0.4, 0.5) is 20.4 Å². The summed E-state index contributed by atoms with van der Waals surface area (Å²) in [6.07, 6.45) is 2.67. The summed E-state index contributed by atoms with van der Waals surface area (Å²) in [5.41, 5.74) is -0.278. The highest BCUT2D eigenvalue weighted by molar-refractivity contribution is 7.92. The van der Waals surface area contributed by atoms with E-state index in [4.69, 9.17) is 16.3 Å². The molecular weight excluding hydrogens is 516 g/mol. The SMILES string of the molecule is COc1ncc(Cl)cc1S(=O)(=O)Nc1ccc(F)c(-c2ccc3nc(N[C@@H](C)CO)ncc3c2)c1F. The van der Waals surface area contributed by atoms with E-state index >= 15 is 4.39 Å². The number of fused-ring (bicyclic) bond motifs is 1. The molecule has 0 bridgehead atoms. The molecule has 0 saturated carbocycles. The van der Waals surface area contributed by atoms with Gasteiger partial charge in [-0.05, 0) is 42.8 Å². The molecule has 0 saturated heterocycles. The second-order valence-electron chi connectivity index (χ2n) is 7.75. The normalized spacial score (nSPS) is 12.4. The lowest BCUT2D eigenvalue weighted by Gasteiger charge is -2.14. The molecule has 0 fully saturated rings. The molecule has 4 aromatic rings. The van der Waals surface area contributed by atoms with Gasteiger partial charge in [-0.1, -0.05) is 17.7 Å². The molecule has 36 heavy (non-hydrogen) atoms. The Hall–Kier alpha value is -3.61. The highest BCUT2D eigenvalue weighted by Crippen LogP contribution is 2.34. The minimum absolute atomic E-state index is 0.0269. The van der Waals surface area contributed by atoms with Crippen LogP contribution in [0.3, 0.4) is 0 Å². The lowest BCUT2D eigenvalue weighted by Crippen LogP contribution is -2.20. The van der Waals surface area contributed by atoms with Crippen molar-refractivity contribution in [3.05, 3.63) is 65.4 Å². The third-order valence-corrected chi connectivity index (χ3v) is 6.69. The zero-order chi connectivity index (χ0) is 26.0. The van der Waals surface area contributed by atoms with Gasteiger partial charge >= 0.3 is 0 Å². The van der Waals surface area contributed by atoms with Crippen molar-refractivity contribution >= 4 is 44.2 Å². The van der Waals surface area contributed by atoms with Crippen LogP contribution < -0.4 is 14.8 Å². The first-order chi connectivity index (χ1) is 17.1. The molecule has 0 radical (unpaired) electrons. The zero-order valence-electron chi connectivity index (χ0n) is 19.0. The first-order valence-electron chi connectivity index (χ1n) is 10.5. The summed E-state index contributed by atoms with van der Waals surface area (Å²) >= 11 is 5.87.